The van der Waals surface area contributed by atoms with Crippen LogP contribution in [0.4, 0.5) is 0 Å². The van der Waals surface area contributed by atoms with Crippen LogP contribution in [0.2, 0.25) is 0 Å². The number of hydrogen-bond acceptors (Lipinski definition) is 4. The molecule has 1 heterocycles. The zero-order valence-corrected chi connectivity index (χ0v) is 15.2. The Hall–Kier alpha value is -2.38. The number of guanidine groups is 1. The van der Waals surface area contributed by atoms with Crippen molar-refractivity contribution in [3.63, 3.8) is 0 Å². The number of carbonyl (C=O) groups excluding carboxylic acids is 2. The van der Waals surface area contributed by atoms with Crippen molar-refractivity contribution < 1.29 is 9.59 Å². The van der Waals surface area contributed by atoms with Gasteiger partial charge in [0.2, 0.25) is 0 Å². The lowest BCUT2D eigenvalue weighted by molar-refractivity contribution is 0.0942. The average molecular weight is 350 g/mol. The molecule has 1 rings (SSSR count). The number of H-pyrrole nitrogens is 1. The highest BCUT2D eigenvalue weighted by Gasteiger charge is 2.14. The number of imidazole rings is 1. The Balaban J connectivity index is 2.32. The SMILES string of the molecule is CCC(C)CCNC(=O)c1ncc(C(=O)CCCCCN=C(N)N)[nH]1. The fraction of sp³-hybridized carbons (Fsp3) is 0.647. The van der Waals surface area contributed by atoms with E-state index in [2.05, 4.69) is 34.1 Å². The summed E-state index contributed by atoms with van der Waals surface area (Å²) in [4.78, 5) is 34.8. The van der Waals surface area contributed by atoms with E-state index >= 15 is 0 Å². The van der Waals surface area contributed by atoms with Crippen LogP contribution in [0, 0.1) is 5.92 Å². The maximum absolute atomic E-state index is 12.1. The van der Waals surface area contributed by atoms with E-state index in [1.54, 1.807) is 0 Å². The lowest BCUT2D eigenvalue weighted by atomic mass is 10.1. The van der Waals surface area contributed by atoms with E-state index in [4.69, 9.17) is 11.5 Å². The van der Waals surface area contributed by atoms with Crippen LogP contribution < -0.4 is 16.8 Å². The molecule has 8 heteroatoms. The topological polar surface area (TPSA) is 139 Å². The van der Waals surface area contributed by atoms with Crippen LogP contribution >= 0.6 is 0 Å². The molecule has 1 atom stereocenters. The standard InChI is InChI=1S/C17H30N6O2/c1-3-12(2)8-10-20-16(25)15-22-11-13(23-15)14(24)7-5-4-6-9-21-17(18)19/h11-12H,3-10H2,1-2H3,(H,20,25)(H,22,23)(H4,18,19,21). The summed E-state index contributed by atoms with van der Waals surface area (Å²) in [6.07, 6.45) is 6.27. The molecule has 0 saturated heterocycles. The Kier molecular flexibility index (Phi) is 9.28. The number of ketones is 1. The van der Waals surface area contributed by atoms with Crippen molar-refractivity contribution in [2.75, 3.05) is 13.1 Å². The predicted octanol–water partition coefficient (Wildman–Crippen LogP) is 1.59. The van der Waals surface area contributed by atoms with Gasteiger partial charge >= 0.3 is 0 Å². The molecule has 1 unspecified atom stereocenters. The quantitative estimate of drug-likeness (QED) is 0.196. The molecule has 6 N–H and O–H groups in total. The smallest absolute Gasteiger partial charge is 0.287 e. The first kappa shape index (κ1) is 20.7. The lowest BCUT2D eigenvalue weighted by Crippen LogP contribution is -2.26. The Bertz CT molecular complexity index is 577. The van der Waals surface area contributed by atoms with Gasteiger partial charge < -0.3 is 21.8 Å². The van der Waals surface area contributed by atoms with E-state index in [1.165, 1.54) is 6.20 Å². The summed E-state index contributed by atoms with van der Waals surface area (Å²) in [5.74, 6) is 0.511. The fourth-order valence-electron chi connectivity index (χ4n) is 2.22. The third kappa shape index (κ3) is 8.32. The van der Waals surface area contributed by atoms with Crippen molar-refractivity contribution in [3.05, 3.63) is 17.7 Å². The van der Waals surface area contributed by atoms with Crippen LogP contribution in [0.5, 0.6) is 0 Å². The highest BCUT2D eigenvalue weighted by molar-refractivity contribution is 5.96. The average Bonchev–Trinajstić information content (AvgIpc) is 3.07. The van der Waals surface area contributed by atoms with Gasteiger partial charge in [-0.1, -0.05) is 26.7 Å². The van der Waals surface area contributed by atoms with Crippen molar-refractivity contribution in [2.45, 2.75) is 52.4 Å². The molecule has 8 nitrogen and oxygen atoms in total. The van der Waals surface area contributed by atoms with Crippen LogP contribution in [0.15, 0.2) is 11.2 Å². The third-order valence-corrected chi connectivity index (χ3v) is 4.07. The van der Waals surface area contributed by atoms with E-state index in [0.717, 1.165) is 32.1 Å². The van der Waals surface area contributed by atoms with Gasteiger partial charge in [0, 0.05) is 19.5 Å². The second kappa shape index (κ2) is 11.2. The van der Waals surface area contributed by atoms with Crippen molar-refractivity contribution in [3.8, 4) is 0 Å². The summed E-state index contributed by atoms with van der Waals surface area (Å²) >= 11 is 0. The molecule has 0 radical (unpaired) electrons. The number of nitrogens with zero attached hydrogens (tertiary/aromatic N) is 2. The molecule has 0 aliphatic heterocycles. The van der Waals surface area contributed by atoms with Gasteiger partial charge in [0.15, 0.2) is 17.6 Å². The number of carbonyl (C=O) groups is 2. The Morgan fingerprint density at radius 3 is 2.76 bits per heavy atom. The summed E-state index contributed by atoms with van der Waals surface area (Å²) in [5, 5.41) is 2.82. The van der Waals surface area contributed by atoms with Crippen molar-refractivity contribution in [2.24, 2.45) is 22.4 Å². The predicted molar refractivity (Wildman–Crippen MR) is 98.5 cm³/mol. The molecule has 0 aliphatic rings. The summed E-state index contributed by atoms with van der Waals surface area (Å²) in [6.45, 7) is 5.44. The van der Waals surface area contributed by atoms with Gasteiger partial charge in [-0.15, -0.1) is 0 Å². The second-order valence-corrected chi connectivity index (χ2v) is 6.24. The van der Waals surface area contributed by atoms with Crippen molar-refractivity contribution in [1.29, 1.82) is 0 Å². The number of aromatic amines is 1. The molecule has 1 aromatic heterocycles. The van der Waals surface area contributed by atoms with Crippen LogP contribution in [0.25, 0.3) is 0 Å². The van der Waals surface area contributed by atoms with Crippen molar-refractivity contribution in [1.82, 2.24) is 15.3 Å². The zero-order chi connectivity index (χ0) is 18.7. The third-order valence-electron chi connectivity index (χ3n) is 4.07. The minimum absolute atomic E-state index is 0.0482. The molecule has 0 aromatic carbocycles. The minimum Gasteiger partial charge on any atom is -0.370 e. The largest absolute Gasteiger partial charge is 0.370 e. The summed E-state index contributed by atoms with van der Waals surface area (Å²) in [6, 6.07) is 0. The number of nitrogens with two attached hydrogens (primary N) is 2. The molecule has 1 amide bonds. The van der Waals surface area contributed by atoms with Gasteiger partial charge in [-0.2, -0.15) is 0 Å². The normalized spacial score (nSPS) is 11.8. The minimum atomic E-state index is -0.278. The molecule has 0 saturated carbocycles. The van der Waals surface area contributed by atoms with Crippen LogP contribution in [-0.2, 0) is 0 Å². The molecule has 25 heavy (non-hydrogen) atoms. The number of rotatable bonds is 12. The second-order valence-electron chi connectivity index (χ2n) is 6.24. The molecule has 140 valence electrons. The number of aliphatic imine (C=N–C) groups is 1. The maximum atomic E-state index is 12.1. The highest BCUT2D eigenvalue weighted by Crippen LogP contribution is 2.08. The highest BCUT2D eigenvalue weighted by atomic mass is 16.2. The van der Waals surface area contributed by atoms with Crippen LogP contribution in [-0.4, -0.2) is 40.7 Å². The van der Waals surface area contributed by atoms with E-state index in [1.807, 2.05) is 0 Å². The number of aromatic nitrogens is 2. The molecule has 1 aromatic rings. The first-order valence-electron chi connectivity index (χ1n) is 8.85. The molecule has 0 bridgehead atoms. The van der Waals surface area contributed by atoms with Crippen molar-refractivity contribution >= 4 is 17.6 Å². The Morgan fingerprint density at radius 2 is 2.08 bits per heavy atom. The monoisotopic (exact) mass is 350 g/mol. The lowest BCUT2D eigenvalue weighted by Gasteiger charge is -2.08. The first-order chi connectivity index (χ1) is 11.9. The van der Waals surface area contributed by atoms with Gasteiger partial charge in [-0.05, 0) is 25.2 Å². The molecule has 0 spiro atoms. The zero-order valence-electron chi connectivity index (χ0n) is 15.2. The van der Waals surface area contributed by atoms with Crippen LogP contribution in [0.1, 0.15) is 73.5 Å². The van der Waals surface area contributed by atoms with E-state index in [-0.39, 0.29) is 23.5 Å². The Morgan fingerprint density at radius 1 is 1.32 bits per heavy atom. The van der Waals surface area contributed by atoms with Gasteiger partial charge in [-0.25, -0.2) is 4.98 Å². The fourth-order valence-corrected chi connectivity index (χ4v) is 2.22. The molecular weight excluding hydrogens is 320 g/mol. The number of nitrogens with one attached hydrogen (secondary N) is 2. The number of Topliss-reactive ketones (excluding diaryl/α,β-unsaturated/α-hetero) is 1. The molecule has 0 aliphatic carbocycles. The van der Waals surface area contributed by atoms with Gasteiger partial charge in [0.25, 0.3) is 5.91 Å². The number of hydrogen-bond donors (Lipinski definition) is 4. The van der Waals surface area contributed by atoms with Crippen LogP contribution in [0.3, 0.4) is 0 Å². The van der Waals surface area contributed by atoms with E-state index in [9.17, 15) is 9.59 Å². The summed E-state index contributed by atoms with van der Waals surface area (Å²) in [5.41, 5.74) is 10.9. The molecular formula is C17H30N6O2. The number of amides is 1. The summed E-state index contributed by atoms with van der Waals surface area (Å²) < 4.78 is 0. The maximum Gasteiger partial charge on any atom is 0.287 e. The van der Waals surface area contributed by atoms with E-state index < -0.39 is 0 Å². The molecule has 0 fully saturated rings. The van der Waals surface area contributed by atoms with Gasteiger partial charge in [0.05, 0.1) is 6.20 Å². The summed E-state index contributed by atoms with van der Waals surface area (Å²) in [7, 11) is 0. The number of unbranched alkanes of at least 4 members (excludes halogenated alkanes) is 2. The van der Waals surface area contributed by atoms with E-state index in [0.29, 0.717) is 31.1 Å². The van der Waals surface area contributed by atoms with Gasteiger partial charge in [-0.3, -0.25) is 14.6 Å². The van der Waals surface area contributed by atoms with Gasteiger partial charge in [0.1, 0.15) is 5.69 Å². The Labute approximate surface area is 148 Å². The first-order valence-corrected chi connectivity index (χ1v) is 8.85.